The van der Waals surface area contributed by atoms with Crippen molar-refractivity contribution in [3.8, 4) is 10.6 Å². The maximum atomic E-state index is 7.07. The number of nitrogens with two attached hydrogens (primary N) is 1. The molecule has 0 fully saturated rings. The highest BCUT2D eigenvalue weighted by Gasteiger charge is 2.07. The number of hydrogen-bond donors (Lipinski definition) is 2. The fraction of sp³-hybridized carbons (Fsp3) is 0.111. The second-order valence-corrected chi connectivity index (χ2v) is 4.78. The van der Waals surface area contributed by atoms with Gasteiger partial charge in [-0.15, -0.1) is 11.3 Å². The van der Waals surface area contributed by atoms with Gasteiger partial charge in [0.2, 0.25) is 0 Å². The molecule has 0 aliphatic heterocycles. The first kappa shape index (κ1) is 10.3. The van der Waals surface area contributed by atoms with E-state index >= 15 is 0 Å². The molecule has 2 rings (SSSR count). The van der Waals surface area contributed by atoms with Crippen molar-refractivity contribution in [3.05, 3.63) is 29.3 Å². The molecule has 0 radical (unpaired) electrons. The standard InChI is InChI=1S/C9H9N3OS2/c10-9(11)15-5-6-4-7(13-12-6)8-2-1-3-14-8/h1-4H,5H2,(H3,10,11). The number of thioether (sulfide) groups is 1. The Balaban J connectivity index is 2.08. The van der Waals surface area contributed by atoms with E-state index in [0.29, 0.717) is 5.75 Å². The summed E-state index contributed by atoms with van der Waals surface area (Å²) in [5.41, 5.74) is 6.04. The topological polar surface area (TPSA) is 75.9 Å². The second kappa shape index (κ2) is 4.50. The van der Waals surface area contributed by atoms with Crippen LogP contribution in [0.2, 0.25) is 0 Å². The number of rotatable bonds is 3. The van der Waals surface area contributed by atoms with Crippen LogP contribution in [0.1, 0.15) is 5.69 Å². The minimum atomic E-state index is 0.0932. The van der Waals surface area contributed by atoms with Crippen molar-refractivity contribution in [1.29, 1.82) is 5.41 Å². The molecule has 6 heteroatoms. The molecule has 2 aromatic heterocycles. The van der Waals surface area contributed by atoms with Gasteiger partial charge in [-0.2, -0.15) is 0 Å². The SMILES string of the molecule is N=C(N)SCc1cc(-c2cccs2)on1. The lowest BCUT2D eigenvalue weighted by atomic mass is 10.3. The van der Waals surface area contributed by atoms with Crippen LogP contribution in [0, 0.1) is 5.41 Å². The molecule has 2 aromatic rings. The van der Waals surface area contributed by atoms with E-state index in [-0.39, 0.29) is 5.17 Å². The molecular formula is C9H9N3OS2. The van der Waals surface area contributed by atoms with Crippen LogP contribution in [-0.2, 0) is 5.75 Å². The first-order chi connectivity index (χ1) is 7.25. The number of nitrogens with zero attached hydrogens (tertiary/aromatic N) is 1. The molecule has 3 N–H and O–H groups in total. The van der Waals surface area contributed by atoms with Crippen LogP contribution in [0.3, 0.4) is 0 Å². The molecule has 0 saturated heterocycles. The first-order valence-electron chi connectivity index (χ1n) is 4.22. The molecule has 0 aromatic carbocycles. The van der Waals surface area contributed by atoms with Gasteiger partial charge in [-0.3, -0.25) is 5.41 Å². The lowest BCUT2D eigenvalue weighted by molar-refractivity contribution is 0.427. The van der Waals surface area contributed by atoms with Crippen LogP contribution < -0.4 is 5.73 Å². The molecule has 0 saturated carbocycles. The van der Waals surface area contributed by atoms with Gasteiger partial charge in [-0.25, -0.2) is 0 Å². The van der Waals surface area contributed by atoms with Crippen LogP contribution in [0.5, 0.6) is 0 Å². The van der Waals surface area contributed by atoms with Crippen molar-refractivity contribution in [2.24, 2.45) is 5.73 Å². The van der Waals surface area contributed by atoms with Gasteiger partial charge in [0.05, 0.1) is 10.6 Å². The van der Waals surface area contributed by atoms with E-state index in [0.717, 1.165) is 16.3 Å². The fourth-order valence-corrected chi connectivity index (χ4v) is 2.18. The van der Waals surface area contributed by atoms with Crippen LogP contribution in [0.25, 0.3) is 10.6 Å². The monoisotopic (exact) mass is 239 g/mol. The van der Waals surface area contributed by atoms with Gasteiger partial charge in [0.25, 0.3) is 0 Å². The van der Waals surface area contributed by atoms with E-state index in [1.165, 1.54) is 11.8 Å². The third-order valence-electron chi connectivity index (χ3n) is 1.70. The van der Waals surface area contributed by atoms with Gasteiger partial charge in [-0.1, -0.05) is 23.0 Å². The number of amidine groups is 1. The summed E-state index contributed by atoms with van der Waals surface area (Å²) >= 11 is 2.84. The van der Waals surface area contributed by atoms with E-state index in [9.17, 15) is 0 Å². The van der Waals surface area contributed by atoms with Gasteiger partial charge in [0.1, 0.15) is 0 Å². The zero-order chi connectivity index (χ0) is 10.7. The molecular weight excluding hydrogens is 230 g/mol. The fourth-order valence-electron chi connectivity index (χ4n) is 1.07. The van der Waals surface area contributed by atoms with Gasteiger partial charge < -0.3 is 10.3 Å². The Bertz CT molecular complexity index is 450. The summed E-state index contributed by atoms with van der Waals surface area (Å²) in [7, 11) is 0. The van der Waals surface area contributed by atoms with E-state index < -0.39 is 0 Å². The van der Waals surface area contributed by atoms with Gasteiger partial charge in [-0.05, 0) is 11.4 Å². The molecule has 0 spiro atoms. The van der Waals surface area contributed by atoms with Crippen molar-refractivity contribution < 1.29 is 4.52 Å². The van der Waals surface area contributed by atoms with Gasteiger partial charge in [0, 0.05) is 11.8 Å². The second-order valence-electron chi connectivity index (χ2n) is 2.81. The summed E-state index contributed by atoms with van der Waals surface area (Å²) in [6.45, 7) is 0. The van der Waals surface area contributed by atoms with Crippen molar-refractivity contribution in [2.75, 3.05) is 0 Å². The normalized spacial score (nSPS) is 10.4. The highest BCUT2D eigenvalue weighted by atomic mass is 32.2. The predicted molar refractivity (Wildman–Crippen MR) is 63.0 cm³/mol. The lowest BCUT2D eigenvalue weighted by Gasteiger charge is -1.91. The molecule has 78 valence electrons. The van der Waals surface area contributed by atoms with Crippen LogP contribution in [0.4, 0.5) is 0 Å². The largest absolute Gasteiger partial charge is 0.379 e. The van der Waals surface area contributed by atoms with Crippen LogP contribution >= 0.6 is 23.1 Å². The van der Waals surface area contributed by atoms with Crippen molar-refractivity contribution in [1.82, 2.24) is 5.16 Å². The van der Waals surface area contributed by atoms with Crippen molar-refractivity contribution in [3.63, 3.8) is 0 Å². The molecule has 0 amide bonds. The average Bonchev–Trinajstić information content (AvgIpc) is 2.85. The van der Waals surface area contributed by atoms with E-state index in [2.05, 4.69) is 5.16 Å². The lowest BCUT2D eigenvalue weighted by Crippen LogP contribution is -2.03. The number of aromatic nitrogens is 1. The molecule has 4 nitrogen and oxygen atoms in total. The minimum Gasteiger partial charge on any atom is -0.379 e. The Kier molecular flexibility index (Phi) is 3.08. The summed E-state index contributed by atoms with van der Waals surface area (Å²) in [5.74, 6) is 1.34. The molecule has 15 heavy (non-hydrogen) atoms. The Morgan fingerprint density at radius 3 is 3.20 bits per heavy atom. The molecule has 0 bridgehead atoms. The molecule has 0 aliphatic rings. The van der Waals surface area contributed by atoms with Gasteiger partial charge >= 0.3 is 0 Å². The van der Waals surface area contributed by atoms with Crippen LogP contribution in [0.15, 0.2) is 28.1 Å². The molecule has 0 aliphatic carbocycles. The Morgan fingerprint density at radius 2 is 2.53 bits per heavy atom. The maximum Gasteiger partial charge on any atom is 0.177 e. The quantitative estimate of drug-likeness (QED) is 0.637. The molecule has 0 atom stereocenters. The van der Waals surface area contributed by atoms with Gasteiger partial charge in [0.15, 0.2) is 10.9 Å². The number of thiophene rings is 1. The highest BCUT2D eigenvalue weighted by molar-refractivity contribution is 8.13. The maximum absolute atomic E-state index is 7.07. The number of nitrogens with one attached hydrogen (secondary N) is 1. The smallest absolute Gasteiger partial charge is 0.177 e. The zero-order valence-electron chi connectivity index (χ0n) is 7.77. The van der Waals surface area contributed by atoms with Crippen LogP contribution in [-0.4, -0.2) is 10.3 Å². The highest BCUT2D eigenvalue weighted by Crippen LogP contribution is 2.26. The molecule has 2 heterocycles. The van der Waals surface area contributed by atoms with E-state index in [1.807, 2.05) is 23.6 Å². The summed E-state index contributed by atoms with van der Waals surface area (Å²) in [4.78, 5) is 1.06. The molecule has 0 unspecified atom stereocenters. The Hall–Kier alpha value is -1.27. The van der Waals surface area contributed by atoms with Crippen molar-refractivity contribution >= 4 is 28.3 Å². The Morgan fingerprint density at radius 1 is 1.67 bits per heavy atom. The summed E-state index contributed by atoms with van der Waals surface area (Å²) in [5, 5.41) is 13.1. The summed E-state index contributed by atoms with van der Waals surface area (Å²) in [6, 6.07) is 5.82. The van der Waals surface area contributed by atoms with E-state index in [1.54, 1.807) is 11.3 Å². The Labute approximate surface area is 95.0 Å². The zero-order valence-corrected chi connectivity index (χ0v) is 9.40. The summed E-state index contributed by atoms with van der Waals surface area (Å²) < 4.78 is 5.18. The third-order valence-corrected chi connectivity index (χ3v) is 3.33. The first-order valence-corrected chi connectivity index (χ1v) is 6.08. The minimum absolute atomic E-state index is 0.0932. The third kappa shape index (κ3) is 2.60. The summed E-state index contributed by atoms with van der Waals surface area (Å²) in [6.07, 6.45) is 0. The van der Waals surface area contributed by atoms with E-state index in [4.69, 9.17) is 15.7 Å². The average molecular weight is 239 g/mol. The van der Waals surface area contributed by atoms with Crippen molar-refractivity contribution in [2.45, 2.75) is 5.75 Å². The number of hydrogen-bond acceptors (Lipinski definition) is 5. The predicted octanol–water partition coefficient (Wildman–Crippen LogP) is 2.53.